The van der Waals surface area contributed by atoms with E-state index in [4.69, 9.17) is 0 Å². The summed E-state index contributed by atoms with van der Waals surface area (Å²) in [7, 11) is 0. The first-order valence-electron chi connectivity index (χ1n) is 2.89. The second-order valence-electron chi connectivity index (χ2n) is 2.39. The molecule has 7 heavy (non-hydrogen) atoms. The van der Waals surface area contributed by atoms with Crippen molar-refractivity contribution in [2.45, 2.75) is 32.6 Å². The molecule has 0 aromatic heterocycles. The Labute approximate surface area is 44.3 Å². The molecule has 0 nitrogen and oxygen atoms in total. The van der Waals surface area contributed by atoms with E-state index in [1.807, 2.05) is 0 Å². The number of hydrogen-bond donors (Lipinski definition) is 0. The molecule has 1 aliphatic rings. The fraction of sp³-hybridized carbons (Fsp3) is 1.00. The van der Waals surface area contributed by atoms with E-state index < -0.39 is 0 Å². The topological polar surface area (TPSA) is 0 Å². The first kappa shape index (κ1) is 6.93. The Morgan fingerprint density at radius 1 is 1.14 bits per heavy atom. The third kappa shape index (κ3) is 1.91. The predicted octanol–water partition coefficient (Wildman–Crippen LogP) is 2.35. The predicted molar refractivity (Wildman–Crippen MR) is 30.1 cm³/mol. The van der Waals surface area contributed by atoms with Crippen LogP contribution in [0.2, 0.25) is 0 Å². The quantitative estimate of drug-likeness (QED) is 0.442. The van der Waals surface area contributed by atoms with Crippen LogP contribution in [0, 0.1) is 5.92 Å². The van der Waals surface area contributed by atoms with Gasteiger partial charge in [-0.05, 0) is 5.92 Å². The van der Waals surface area contributed by atoms with Crippen LogP contribution in [0.4, 0.5) is 4.70 Å². The fourth-order valence-corrected chi connectivity index (χ4v) is 1.13. The molecule has 1 rings (SSSR count). The lowest BCUT2D eigenvalue weighted by atomic mass is 10.2. The van der Waals surface area contributed by atoms with Crippen LogP contribution in [0.25, 0.3) is 0 Å². The summed E-state index contributed by atoms with van der Waals surface area (Å²) in [5, 5.41) is 0. The van der Waals surface area contributed by atoms with Gasteiger partial charge in [-0.15, -0.1) is 0 Å². The molecule has 0 heterocycles. The molecule has 0 amide bonds. The molecule has 0 saturated heterocycles. The Bertz CT molecular complexity index is 37.4. The van der Waals surface area contributed by atoms with Crippen LogP contribution in [0.15, 0.2) is 0 Å². The molecule has 1 aliphatic carbocycles. The zero-order valence-electron chi connectivity index (χ0n) is 4.81. The summed E-state index contributed by atoms with van der Waals surface area (Å²) in [5.41, 5.74) is 0. The minimum absolute atomic E-state index is 0. The fourth-order valence-electron chi connectivity index (χ4n) is 1.13. The van der Waals surface area contributed by atoms with Crippen molar-refractivity contribution in [3.05, 3.63) is 0 Å². The Kier molecular flexibility index (Phi) is 2.97. The number of halogens is 1. The van der Waals surface area contributed by atoms with Crippen LogP contribution in [-0.4, -0.2) is 0 Å². The lowest BCUT2D eigenvalue weighted by Crippen LogP contribution is -1.78. The van der Waals surface area contributed by atoms with Gasteiger partial charge in [0.2, 0.25) is 0 Å². The second-order valence-corrected chi connectivity index (χ2v) is 2.39. The lowest BCUT2D eigenvalue weighted by molar-refractivity contribution is 0.612. The first-order valence-corrected chi connectivity index (χ1v) is 2.89. The number of rotatable bonds is 0. The summed E-state index contributed by atoms with van der Waals surface area (Å²) in [4.78, 5) is 0. The van der Waals surface area contributed by atoms with E-state index in [1.165, 1.54) is 25.7 Å². The minimum atomic E-state index is 0. The highest BCUT2D eigenvalue weighted by Gasteiger charge is 2.07. The molecule has 0 bridgehead atoms. The number of hydrogen-bond acceptors (Lipinski definition) is 0. The highest BCUT2D eigenvalue weighted by atomic mass is 19.0. The summed E-state index contributed by atoms with van der Waals surface area (Å²) in [6, 6.07) is 0. The average molecular weight is 104 g/mol. The van der Waals surface area contributed by atoms with E-state index in [2.05, 4.69) is 6.92 Å². The molecule has 0 aliphatic heterocycles. The zero-order chi connectivity index (χ0) is 4.41. The zero-order valence-corrected chi connectivity index (χ0v) is 4.81. The molecule has 44 valence electrons. The molecule has 0 unspecified atom stereocenters. The van der Waals surface area contributed by atoms with E-state index in [9.17, 15) is 0 Å². The smallest absolute Gasteiger partial charge is 0.0443 e. The third-order valence-electron chi connectivity index (χ3n) is 1.64. The summed E-state index contributed by atoms with van der Waals surface area (Å²) >= 11 is 0. The van der Waals surface area contributed by atoms with Gasteiger partial charge in [0.1, 0.15) is 0 Å². The van der Waals surface area contributed by atoms with Crippen molar-refractivity contribution < 1.29 is 4.70 Å². The lowest BCUT2D eigenvalue weighted by Gasteiger charge is -1.91. The monoisotopic (exact) mass is 104 g/mol. The molecule has 0 N–H and O–H groups in total. The SMILES string of the molecule is CC1CCCC1.F. The summed E-state index contributed by atoms with van der Waals surface area (Å²) in [5.74, 6) is 1.05. The van der Waals surface area contributed by atoms with Gasteiger partial charge in [-0.1, -0.05) is 32.6 Å². The molecule has 0 aromatic rings. The minimum Gasteiger partial charge on any atom is -0.269 e. The maximum absolute atomic E-state index is 2.34. The van der Waals surface area contributed by atoms with Gasteiger partial charge in [-0.25, -0.2) is 0 Å². The van der Waals surface area contributed by atoms with E-state index in [0.717, 1.165) is 5.92 Å². The first-order chi connectivity index (χ1) is 2.89. The van der Waals surface area contributed by atoms with Gasteiger partial charge in [-0.3, -0.25) is 4.70 Å². The maximum Gasteiger partial charge on any atom is -0.0443 e. The standard InChI is InChI=1S/C6H12.FH/c1-6-4-2-3-5-6;/h6H,2-5H2,1H3;1H. The summed E-state index contributed by atoms with van der Waals surface area (Å²) in [6.45, 7) is 2.34. The summed E-state index contributed by atoms with van der Waals surface area (Å²) in [6.07, 6.45) is 5.95. The van der Waals surface area contributed by atoms with Crippen molar-refractivity contribution in [3.8, 4) is 0 Å². The van der Waals surface area contributed by atoms with Gasteiger partial charge in [0.25, 0.3) is 0 Å². The van der Waals surface area contributed by atoms with Gasteiger partial charge in [0, 0.05) is 0 Å². The largest absolute Gasteiger partial charge is 0.269 e. The van der Waals surface area contributed by atoms with Gasteiger partial charge in [0.05, 0.1) is 0 Å². The van der Waals surface area contributed by atoms with Crippen LogP contribution in [0.1, 0.15) is 32.6 Å². The van der Waals surface area contributed by atoms with Crippen LogP contribution in [0.3, 0.4) is 0 Å². The van der Waals surface area contributed by atoms with E-state index in [-0.39, 0.29) is 4.70 Å². The molecule has 0 atom stereocenters. The second kappa shape index (κ2) is 3.00. The maximum atomic E-state index is 2.34. The van der Waals surface area contributed by atoms with Crippen LogP contribution in [-0.2, 0) is 0 Å². The Hall–Kier alpha value is -0.0700. The van der Waals surface area contributed by atoms with Gasteiger partial charge >= 0.3 is 0 Å². The van der Waals surface area contributed by atoms with E-state index in [1.54, 1.807) is 0 Å². The van der Waals surface area contributed by atoms with Crippen molar-refractivity contribution >= 4 is 0 Å². The molecule has 0 spiro atoms. The van der Waals surface area contributed by atoms with Crippen LogP contribution in [0.5, 0.6) is 0 Å². The molecular weight excluding hydrogens is 91.1 g/mol. The Balaban J connectivity index is 0.000000360. The van der Waals surface area contributed by atoms with Gasteiger partial charge in [-0.2, -0.15) is 0 Å². The molecule has 1 fully saturated rings. The normalized spacial score (nSPS) is 21.9. The van der Waals surface area contributed by atoms with Crippen molar-refractivity contribution in [2.24, 2.45) is 5.92 Å². The molecule has 0 radical (unpaired) electrons. The van der Waals surface area contributed by atoms with Gasteiger partial charge in [0.15, 0.2) is 0 Å². The van der Waals surface area contributed by atoms with Crippen molar-refractivity contribution in [1.29, 1.82) is 0 Å². The van der Waals surface area contributed by atoms with E-state index >= 15 is 0 Å². The summed E-state index contributed by atoms with van der Waals surface area (Å²) < 4.78 is 0. The van der Waals surface area contributed by atoms with Gasteiger partial charge < -0.3 is 0 Å². The molecule has 0 aromatic carbocycles. The van der Waals surface area contributed by atoms with Crippen LogP contribution < -0.4 is 0 Å². The van der Waals surface area contributed by atoms with Crippen LogP contribution >= 0.6 is 0 Å². The average Bonchev–Trinajstić information content (AvgIpc) is 1.86. The highest BCUT2D eigenvalue weighted by molar-refractivity contribution is 4.60. The Morgan fingerprint density at radius 2 is 1.57 bits per heavy atom. The molecule has 1 heteroatoms. The van der Waals surface area contributed by atoms with E-state index in [0.29, 0.717) is 0 Å². The molecular formula is C6H13F. The molecule has 1 saturated carbocycles. The van der Waals surface area contributed by atoms with Crippen molar-refractivity contribution in [2.75, 3.05) is 0 Å². The Morgan fingerprint density at radius 3 is 1.71 bits per heavy atom. The van der Waals surface area contributed by atoms with Crippen molar-refractivity contribution in [3.63, 3.8) is 0 Å². The third-order valence-corrected chi connectivity index (χ3v) is 1.64. The van der Waals surface area contributed by atoms with Crippen molar-refractivity contribution in [1.82, 2.24) is 0 Å². The highest BCUT2D eigenvalue weighted by Crippen LogP contribution is 2.22.